The molecule has 0 aromatic heterocycles. The van der Waals surface area contributed by atoms with E-state index in [0.717, 1.165) is 49.7 Å². The van der Waals surface area contributed by atoms with Gasteiger partial charge in [0.2, 0.25) is 0 Å². The molecule has 2 aromatic rings. The second-order valence-corrected chi connectivity index (χ2v) is 7.80. The minimum absolute atomic E-state index is 0.197. The van der Waals surface area contributed by atoms with Gasteiger partial charge in [-0.15, -0.1) is 0 Å². The van der Waals surface area contributed by atoms with Crippen LogP contribution in [0.15, 0.2) is 48.5 Å². The summed E-state index contributed by atoms with van der Waals surface area (Å²) < 4.78 is 11.1. The fraction of sp³-hybridized carbons (Fsp3) is 0.458. The Bertz CT molecular complexity index is 801. The van der Waals surface area contributed by atoms with Gasteiger partial charge in [-0.2, -0.15) is 0 Å². The SMILES string of the molecule is COc1cccc(N2CCN(CC(O)COc3ccc(CCC(C)=O)cc3)CC2)c1. The van der Waals surface area contributed by atoms with Gasteiger partial charge in [0.25, 0.3) is 0 Å². The van der Waals surface area contributed by atoms with E-state index in [1.54, 1.807) is 14.0 Å². The molecule has 0 saturated carbocycles. The van der Waals surface area contributed by atoms with Crippen LogP contribution in [0.3, 0.4) is 0 Å². The summed E-state index contributed by atoms with van der Waals surface area (Å²) in [5, 5.41) is 10.4. The van der Waals surface area contributed by atoms with Crippen LogP contribution >= 0.6 is 0 Å². The Hall–Kier alpha value is -2.57. The summed E-state index contributed by atoms with van der Waals surface area (Å²) in [6.45, 7) is 6.12. The topological polar surface area (TPSA) is 62.2 Å². The molecule has 1 heterocycles. The highest BCUT2D eigenvalue weighted by atomic mass is 16.5. The van der Waals surface area contributed by atoms with Gasteiger partial charge in [0, 0.05) is 50.9 Å². The van der Waals surface area contributed by atoms with Crippen LogP contribution in [0.2, 0.25) is 0 Å². The van der Waals surface area contributed by atoms with Crippen LogP contribution in [0.1, 0.15) is 18.9 Å². The molecular weight excluding hydrogens is 380 g/mol. The molecule has 1 aliphatic rings. The van der Waals surface area contributed by atoms with Crippen molar-refractivity contribution in [2.24, 2.45) is 0 Å². The molecule has 0 aliphatic carbocycles. The van der Waals surface area contributed by atoms with E-state index in [4.69, 9.17) is 9.47 Å². The molecule has 30 heavy (non-hydrogen) atoms. The number of aryl methyl sites for hydroxylation is 1. The van der Waals surface area contributed by atoms with Gasteiger partial charge in [-0.05, 0) is 43.2 Å². The van der Waals surface area contributed by atoms with E-state index in [-0.39, 0.29) is 12.4 Å². The molecule has 6 nitrogen and oxygen atoms in total. The quantitative estimate of drug-likeness (QED) is 0.648. The summed E-state index contributed by atoms with van der Waals surface area (Å²) in [6.07, 6.45) is 0.773. The number of aliphatic hydroxyl groups excluding tert-OH is 1. The van der Waals surface area contributed by atoms with Gasteiger partial charge in [0.05, 0.1) is 7.11 Å². The van der Waals surface area contributed by atoms with Crippen LogP contribution in [0.25, 0.3) is 0 Å². The normalized spacial score (nSPS) is 15.6. The summed E-state index contributed by atoms with van der Waals surface area (Å²) in [6, 6.07) is 15.9. The van der Waals surface area contributed by atoms with Gasteiger partial charge < -0.3 is 24.3 Å². The van der Waals surface area contributed by atoms with Gasteiger partial charge in [-0.1, -0.05) is 18.2 Å². The Morgan fingerprint density at radius 3 is 2.47 bits per heavy atom. The average Bonchev–Trinajstić information content (AvgIpc) is 2.77. The maximum atomic E-state index is 11.1. The average molecular weight is 413 g/mol. The lowest BCUT2D eigenvalue weighted by atomic mass is 10.1. The number of carbonyl (C=O) groups excluding carboxylic acids is 1. The molecule has 1 fully saturated rings. The van der Waals surface area contributed by atoms with Crippen molar-refractivity contribution >= 4 is 11.5 Å². The molecular formula is C24H32N2O4. The lowest BCUT2D eigenvalue weighted by Gasteiger charge is -2.37. The molecule has 3 rings (SSSR count). The molecule has 0 bridgehead atoms. The first-order valence-electron chi connectivity index (χ1n) is 10.5. The summed E-state index contributed by atoms with van der Waals surface area (Å²) in [5.41, 5.74) is 2.29. The fourth-order valence-electron chi connectivity index (χ4n) is 3.61. The van der Waals surface area contributed by atoms with Crippen LogP contribution < -0.4 is 14.4 Å². The third-order valence-electron chi connectivity index (χ3n) is 5.39. The van der Waals surface area contributed by atoms with Gasteiger partial charge in [0.1, 0.15) is 30.0 Å². The smallest absolute Gasteiger partial charge is 0.130 e. The number of aliphatic hydroxyl groups is 1. The van der Waals surface area contributed by atoms with Crippen LogP contribution in [0.5, 0.6) is 11.5 Å². The number of carbonyl (C=O) groups is 1. The standard InChI is InChI=1S/C24H32N2O4/c1-19(27)6-7-20-8-10-23(11-9-20)30-18-22(28)17-25-12-14-26(15-13-25)21-4-3-5-24(16-21)29-2/h3-5,8-11,16,22,28H,6-7,12-15,17-18H2,1-2H3. The monoisotopic (exact) mass is 412 g/mol. The Morgan fingerprint density at radius 1 is 1.07 bits per heavy atom. The minimum Gasteiger partial charge on any atom is -0.497 e. The molecule has 1 N–H and O–H groups in total. The molecule has 1 aliphatic heterocycles. The fourth-order valence-corrected chi connectivity index (χ4v) is 3.61. The first kappa shape index (κ1) is 22.1. The maximum absolute atomic E-state index is 11.1. The van der Waals surface area contributed by atoms with Gasteiger partial charge >= 0.3 is 0 Å². The second-order valence-electron chi connectivity index (χ2n) is 7.80. The first-order chi connectivity index (χ1) is 14.5. The predicted octanol–water partition coefficient (Wildman–Crippen LogP) is 2.78. The number of Topliss-reactive ketones (excluding diaryl/α,β-unsaturated/α-hetero) is 1. The minimum atomic E-state index is -0.536. The highest BCUT2D eigenvalue weighted by Crippen LogP contribution is 2.22. The number of nitrogens with zero attached hydrogens (tertiary/aromatic N) is 2. The first-order valence-corrected chi connectivity index (χ1v) is 10.5. The van der Waals surface area contributed by atoms with E-state index in [0.29, 0.717) is 13.0 Å². The van der Waals surface area contributed by atoms with Crippen LogP contribution in [0, 0.1) is 0 Å². The van der Waals surface area contributed by atoms with E-state index in [1.165, 1.54) is 5.69 Å². The van der Waals surface area contributed by atoms with Crippen molar-refractivity contribution in [2.75, 3.05) is 51.3 Å². The van der Waals surface area contributed by atoms with E-state index in [1.807, 2.05) is 36.4 Å². The third-order valence-corrected chi connectivity index (χ3v) is 5.39. The third kappa shape index (κ3) is 6.75. The van der Waals surface area contributed by atoms with Crippen molar-refractivity contribution in [1.82, 2.24) is 4.90 Å². The Balaban J connectivity index is 1.38. The number of piperazine rings is 1. The second kappa shape index (κ2) is 11.0. The van der Waals surface area contributed by atoms with Crippen molar-refractivity contribution in [1.29, 1.82) is 0 Å². The molecule has 1 atom stereocenters. The molecule has 0 spiro atoms. The Labute approximate surface area is 179 Å². The molecule has 1 unspecified atom stereocenters. The lowest BCUT2D eigenvalue weighted by Crippen LogP contribution is -2.49. The zero-order valence-corrected chi connectivity index (χ0v) is 17.9. The number of benzene rings is 2. The Kier molecular flexibility index (Phi) is 8.11. The van der Waals surface area contributed by atoms with Crippen LogP contribution in [-0.4, -0.2) is 68.3 Å². The van der Waals surface area contributed by atoms with E-state index in [9.17, 15) is 9.90 Å². The number of methoxy groups -OCH3 is 1. The number of hydrogen-bond acceptors (Lipinski definition) is 6. The van der Waals surface area contributed by atoms with Crippen molar-refractivity contribution in [3.63, 3.8) is 0 Å². The van der Waals surface area contributed by atoms with Crippen molar-refractivity contribution in [3.8, 4) is 11.5 Å². The largest absolute Gasteiger partial charge is 0.497 e. The molecule has 0 amide bonds. The number of β-amino-alcohol motifs (C(OH)–C–C–N with tert-alkyl or cyclic N) is 1. The Morgan fingerprint density at radius 2 is 1.80 bits per heavy atom. The molecule has 0 radical (unpaired) electrons. The van der Waals surface area contributed by atoms with Crippen LogP contribution in [0.4, 0.5) is 5.69 Å². The zero-order valence-electron chi connectivity index (χ0n) is 17.9. The molecule has 6 heteroatoms. The summed E-state index contributed by atoms with van der Waals surface area (Å²) >= 11 is 0. The predicted molar refractivity (Wildman–Crippen MR) is 119 cm³/mol. The zero-order chi connectivity index (χ0) is 21.3. The summed E-state index contributed by atoms with van der Waals surface area (Å²) in [4.78, 5) is 15.7. The number of ether oxygens (including phenoxy) is 2. The number of ketones is 1. The lowest BCUT2D eigenvalue weighted by molar-refractivity contribution is -0.116. The molecule has 1 saturated heterocycles. The molecule has 162 valence electrons. The number of anilines is 1. The van der Waals surface area contributed by atoms with Crippen molar-refractivity contribution < 1.29 is 19.4 Å². The van der Waals surface area contributed by atoms with E-state index in [2.05, 4.69) is 21.9 Å². The molecule has 2 aromatic carbocycles. The van der Waals surface area contributed by atoms with Crippen molar-refractivity contribution in [2.45, 2.75) is 25.9 Å². The highest BCUT2D eigenvalue weighted by Gasteiger charge is 2.20. The van der Waals surface area contributed by atoms with Gasteiger partial charge in [0.15, 0.2) is 0 Å². The van der Waals surface area contributed by atoms with Crippen molar-refractivity contribution in [3.05, 3.63) is 54.1 Å². The van der Waals surface area contributed by atoms with E-state index < -0.39 is 6.10 Å². The van der Waals surface area contributed by atoms with Crippen LogP contribution in [-0.2, 0) is 11.2 Å². The maximum Gasteiger partial charge on any atom is 0.130 e. The number of hydrogen-bond donors (Lipinski definition) is 1. The van der Waals surface area contributed by atoms with Gasteiger partial charge in [-0.3, -0.25) is 4.90 Å². The van der Waals surface area contributed by atoms with Gasteiger partial charge in [-0.25, -0.2) is 0 Å². The highest BCUT2D eigenvalue weighted by molar-refractivity contribution is 5.75. The summed E-state index contributed by atoms with van der Waals surface area (Å²) in [5.74, 6) is 1.81. The number of rotatable bonds is 10. The van der Waals surface area contributed by atoms with E-state index >= 15 is 0 Å². The summed E-state index contributed by atoms with van der Waals surface area (Å²) in [7, 11) is 1.68.